The number of methoxy groups -OCH3 is 2. The second kappa shape index (κ2) is 19.5. The fourth-order valence-electron chi connectivity index (χ4n) is 10.6. The van der Waals surface area contributed by atoms with Crippen molar-refractivity contribution < 1.29 is 62.4 Å². The van der Waals surface area contributed by atoms with Gasteiger partial charge in [0.1, 0.15) is 35.9 Å². The van der Waals surface area contributed by atoms with Crippen LogP contribution in [0.2, 0.25) is 0 Å². The van der Waals surface area contributed by atoms with Gasteiger partial charge < -0.3 is 57.6 Å². The van der Waals surface area contributed by atoms with Crippen molar-refractivity contribution in [1.82, 2.24) is 0 Å². The highest BCUT2D eigenvalue weighted by Crippen LogP contribution is 2.47. The predicted octanol–water partition coefficient (Wildman–Crippen LogP) is 6.41. The second-order valence-electron chi connectivity index (χ2n) is 18.9. The van der Waals surface area contributed by atoms with E-state index in [0.717, 1.165) is 18.4 Å². The van der Waals surface area contributed by atoms with Crippen molar-refractivity contribution in [2.24, 2.45) is 23.7 Å². The van der Waals surface area contributed by atoms with Gasteiger partial charge in [0, 0.05) is 51.7 Å². The van der Waals surface area contributed by atoms with Crippen LogP contribution in [0.15, 0.2) is 59.3 Å². The summed E-state index contributed by atoms with van der Waals surface area (Å²) in [5, 5.41) is 23.7. The largest absolute Gasteiger partial charge is 0.462 e. The molecule has 6 aliphatic heterocycles. The van der Waals surface area contributed by atoms with Crippen LogP contribution >= 0.6 is 0 Å². The Morgan fingerprint density at radius 2 is 1.69 bits per heavy atom. The number of rotatable bonds is 8. The molecule has 342 valence electrons. The van der Waals surface area contributed by atoms with Crippen molar-refractivity contribution in [2.75, 3.05) is 20.8 Å². The molecule has 0 aromatic heterocycles. The summed E-state index contributed by atoms with van der Waals surface area (Å²) < 4.78 is 64.1. The van der Waals surface area contributed by atoms with Crippen molar-refractivity contribution >= 4 is 5.97 Å². The molecular weight excluding hydrogens is 785 g/mol. The number of carbonyl (C=O) groups excluding carboxylic acids is 1. The van der Waals surface area contributed by atoms with Gasteiger partial charge in [0.15, 0.2) is 18.4 Å². The maximum atomic E-state index is 14.3. The topological polar surface area (TPSA) is 150 Å². The Labute approximate surface area is 362 Å². The first-order valence-corrected chi connectivity index (χ1v) is 22.8. The standard InChI is InChI=1S/C48H72O13/c1-11-26(2)43-29(5)17-18-47(61-43)24-36-21-34(60-47)16-15-28(4)42(58-40-23-38(53-10)44(32(8)56-40)59-39-22-35(52-9)20-31(7)55-39)27(3)13-12-14-33-25-54-45-41(49)30(6)19-37(46(50)57-36)48(33,45)51/h12-15,17-19,26-27,29,31-32,34-45,49,51H,11,16,20-25H2,1-10H3/b13-12+,28-15+,33-14+/t26-,27+,29+,31+,32+,34-,35-,36+,37+,38+,39+,40+,41-,42+,43-,44+,45-,47-,48-/m1/s1. The van der Waals surface area contributed by atoms with Gasteiger partial charge in [-0.05, 0) is 69.2 Å². The number of hydrogen-bond acceptors (Lipinski definition) is 13. The average Bonchev–Trinajstić information content (AvgIpc) is 3.57. The lowest BCUT2D eigenvalue weighted by molar-refractivity contribution is -0.309. The summed E-state index contributed by atoms with van der Waals surface area (Å²) in [5.74, 6) is -2.48. The minimum atomic E-state index is -1.82. The highest BCUT2D eigenvalue weighted by atomic mass is 16.7. The van der Waals surface area contributed by atoms with E-state index in [9.17, 15) is 15.0 Å². The van der Waals surface area contributed by atoms with Gasteiger partial charge in [0.25, 0.3) is 0 Å². The Morgan fingerprint density at radius 1 is 0.918 bits per heavy atom. The zero-order valence-electron chi connectivity index (χ0n) is 37.9. The molecule has 4 fully saturated rings. The summed E-state index contributed by atoms with van der Waals surface area (Å²) in [6.07, 6.45) is 12.1. The van der Waals surface area contributed by atoms with Gasteiger partial charge in [-0.3, -0.25) is 4.79 Å². The molecule has 0 amide bonds. The van der Waals surface area contributed by atoms with Crippen molar-refractivity contribution in [3.05, 3.63) is 59.3 Å². The molecule has 4 saturated heterocycles. The molecule has 19 atom stereocenters. The molecule has 0 aromatic carbocycles. The van der Waals surface area contributed by atoms with E-state index in [-0.39, 0.29) is 67.1 Å². The van der Waals surface area contributed by atoms with Gasteiger partial charge in [-0.15, -0.1) is 0 Å². The first-order chi connectivity index (χ1) is 29.1. The minimum Gasteiger partial charge on any atom is -0.462 e. The number of esters is 1. The monoisotopic (exact) mass is 856 g/mol. The lowest BCUT2D eigenvalue weighted by Gasteiger charge is -2.48. The third-order valence-corrected chi connectivity index (χ3v) is 14.3. The Balaban J connectivity index is 1.19. The molecule has 1 spiro atoms. The average molecular weight is 857 g/mol. The molecule has 0 saturated carbocycles. The number of aliphatic hydroxyl groups excluding tert-OH is 1. The van der Waals surface area contributed by atoms with E-state index in [0.29, 0.717) is 43.3 Å². The normalized spacial score (nSPS) is 48.5. The van der Waals surface area contributed by atoms with Crippen molar-refractivity contribution in [3.8, 4) is 0 Å². The van der Waals surface area contributed by atoms with Crippen LogP contribution in [-0.4, -0.2) is 128 Å². The van der Waals surface area contributed by atoms with Crippen LogP contribution in [0, 0.1) is 23.7 Å². The molecule has 7 aliphatic rings. The van der Waals surface area contributed by atoms with E-state index in [1.54, 1.807) is 33.3 Å². The SMILES string of the molecule is CC[C@@H](C)[C@H]1O[C@]2(C=C[C@@H]1C)C[C@@H]1C[C@@H](C/C=C(\C)[C@@H](O[C@H]3C[C@H](OC)[C@@H](O[C@H]4C[C@H](OC)C[C@H](C)O4)[C@H](C)O3)[C@@H](C)/C=C/C=C3\CO[C@@H]4[C@H](O)C(C)=C[C@@H](C(=O)O1)[C@]34O)O2. The van der Waals surface area contributed by atoms with Crippen LogP contribution in [0.25, 0.3) is 0 Å². The van der Waals surface area contributed by atoms with Gasteiger partial charge >= 0.3 is 5.97 Å². The second-order valence-corrected chi connectivity index (χ2v) is 18.9. The van der Waals surface area contributed by atoms with E-state index in [1.807, 2.05) is 32.1 Å². The summed E-state index contributed by atoms with van der Waals surface area (Å²) >= 11 is 0. The summed E-state index contributed by atoms with van der Waals surface area (Å²) in [5.41, 5.74) is 0.196. The van der Waals surface area contributed by atoms with Gasteiger partial charge in [0.05, 0.1) is 49.3 Å². The molecule has 0 radical (unpaired) electrons. The number of aliphatic hydroxyl groups is 2. The first kappa shape index (κ1) is 46.7. The fourth-order valence-corrected chi connectivity index (χ4v) is 10.6. The summed E-state index contributed by atoms with van der Waals surface area (Å²) in [6.45, 7) is 16.4. The number of hydrogen-bond donors (Lipinski definition) is 2. The number of ether oxygens (including phenoxy) is 10. The smallest absolute Gasteiger partial charge is 0.316 e. The highest BCUT2D eigenvalue weighted by molar-refractivity contribution is 5.78. The zero-order valence-corrected chi connectivity index (χ0v) is 37.9. The Bertz CT molecular complexity index is 1690. The summed E-state index contributed by atoms with van der Waals surface area (Å²) in [7, 11) is 3.41. The first-order valence-electron chi connectivity index (χ1n) is 22.8. The van der Waals surface area contributed by atoms with Gasteiger partial charge in [-0.1, -0.05) is 70.6 Å². The van der Waals surface area contributed by atoms with E-state index >= 15 is 0 Å². The molecule has 0 aromatic rings. The Morgan fingerprint density at radius 3 is 2.43 bits per heavy atom. The Hall–Kier alpha value is -2.27. The summed E-state index contributed by atoms with van der Waals surface area (Å²) in [6, 6.07) is 0. The van der Waals surface area contributed by atoms with Crippen LogP contribution in [-0.2, 0) is 52.2 Å². The Kier molecular flexibility index (Phi) is 14.9. The van der Waals surface area contributed by atoms with Gasteiger partial charge in [-0.2, -0.15) is 0 Å². The third kappa shape index (κ3) is 9.88. The van der Waals surface area contributed by atoms with Crippen LogP contribution < -0.4 is 0 Å². The molecule has 6 heterocycles. The summed E-state index contributed by atoms with van der Waals surface area (Å²) in [4.78, 5) is 14.3. The fraction of sp³-hybridized carbons (Fsp3) is 0.771. The van der Waals surface area contributed by atoms with E-state index in [2.05, 4.69) is 46.8 Å². The highest BCUT2D eigenvalue weighted by Gasteiger charge is 2.60. The third-order valence-electron chi connectivity index (χ3n) is 14.3. The number of allylic oxidation sites excluding steroid dienone is 2. The minimum absolute atomic E-state index is 0.00821. The molecule has 2 bridgehead atoms. The van der Waals surface area contributed by atoms with Crippen molar-refractivity contribution in [3.63, 3.8) is 0 Å². The lowest BCUT2D eigenvalue weighted by Crippen LogP contribution is -2.58. The van der Waals surface area contributed by atoms with Crippen LogP contribution in [0.1, 0.15) is 100 Å². The molecular formula is C48H72O13. The molecule has 13 nitrogen and oxygen atoms in total. The van der Waals surface area contributed by atoms with Crippen LogP contribution in [0.5, 0.6) is 0 Å². The molecule has 61 heavy (non-hydrogen) atoms. The maximum absolute atomic E-state index is 14.3. The van der Waals surface area contributed by atoms with Crippen molar-refractivity contribution in [1.29, 1.82) is 0 Å². The van der Waals surface area contributed by atoms with Gasteiger partial charge in [-0.25, -0.2) is 0 Å². The zero-order chi connectivity index (χ0) is 43.8. The number of fused-ring (bicyclic) bond motifs is 2. The van der Waals surface area contributed by atoms with Gasteiger partial charge in [0.2, 0.25) is 0 Å². The van der Waals surface area contributed by atoms with Crippen molar-refractivity contribution in [2.45, 2.75) is 191 Å². The number of carbonyl (C=O) groups is 1. The van der Waals surface area contributed by atoms with E-state index < -0.39 is 60.3 Å². The molecule has 2 N–H and O–H groups in total. The van der Waals surface area contributed by atoms with E-state index in [4.69, 9.17) is 47.4 Å². The molecule has 7 rings (SSSR count). The molecule has 0 unspecified atom stereocenters. The maximum Gasteiger partial charge on any atom is 0.316 e. The quantitative estimate of drug-likeness (QED) is 0.205. The lowest BCUT2D eigenvalue weighted by atomic mass is 9.71. The molecule has 1 aliphatic carbocycles. The van der Waals surface area contributed by atoms with E-state index in [1.165, 1.54) is 0 Å². The van der Waals surface area contributed by atoms with Crippen LogP contribution in [0.4, 0.5) is 0 Å². The molecule has 13 heteroatoms. The van der Waals surface area contributed by atoms with Crippen LogP contribution in [0.3, 0.4) is 0 Å². The predicted molar refractivity (Wildman–Crippen MR) is 226 cm³/mol.